The molecule has 1 amide bonds. The van der Waals surface area contributed by atoms with Crippen LogP contribution in [0, 0.1) is 0 Å². The van der Waals surface area contributed by atoms with Gasteiger partial charge in [-0.1, -0.05) is 109 Å². The van der Waals surface area contributed by atoms with E-state index in [1.165, 1.54) is 0 Å². The molecule has 3 N–H and O–H groups in total. The van der Waals surface area contributed by atoms with Gasteiger partial charge in [-0.3, -0.25) is 4.79 Å². The summed E-state index contributed by atoms with van der Waals surface area (Å²) in [6.45, 7) is 0.401. The van der Waals surface area contributed by atoms with E-state index in [0.717, 1.165) is 59.4 Å². The van der Waals surface area contributed by atoms with Crippen LogP contribution in [0.4, 0.5) is 0 Å². The molecular weight excluding hydrogens is 1000 g/mol. The van der Waals surface area contributed by atoms with Crippen LogP contribution in [0.5, 0.6) is 34.5 Å². The number of ether oxygens (including phenoxy) is 3. The molecule has 10 aromatic carbocycles. The van der Waals surface area contributed by atoms with Crippen molar-refractivity contribution in [1.82, 2.24) is 45.2 Å². The Morgan fingerprint density at radius 2 is 0.772 bits per heavy atom. The van der Waals surface area contributed by atoms with Crippen LogP contribution in [0.2, 0.25) is 0 Å². The lowest BCUT2D eigenvalue weighted by Crippen LogP contribution is -2.25. The summed E-state index contributed by atoms with van der Waals surface area (Å²) < 4.78 is 20.0. The summed E-state index contributed by atoms with van der Waals surface area (Å²) in [5.41, 5.74) is 5.10. The molecule has 5 heterocycles. The van der Waals surface area contributed by atoms with Gasteiger partial charge in [-0.2, -0.15) is 12.6 Å². The largest absolute Gasteiger partial charge is 0.457 e. The molecule has 0 atom stereocenters. The fraction of sp³-hybridized carbons (Fsp3) is 0.0308. The number of nitrogens with zero attached hydrogens (tertiary/aromatic N) is 6. The summed E-state index contributed by atoms with van der Waals surface area (Å²) in [5.74, 6) is 5.71. The van der Waals surface area contributed by atoms with Gasteiger partial charge in [-0.05, 0) is 107 Å². The molecule has 13 aromatic rings. The first kappa shape index (κ1) is 45.9. The van der Waals surface area contributed by atoms with Gasteiger partial charge in [0.05, 0.1) is 0 Å². The lowest BCUT2D eigenvalue weighted by Gasteiger charge is -2.10. The van der Waals surface area contributed by atoms with E-state index in [0.29, 0.717) is 115 Å². The van der Waals surface area contributed by atoms with Gasteiger partial charge in [0.15, 0.2) is 23.3 Å². The molecular formula is C65H41N9O4S. The topological polar surface area (TPSA) is 166 Å². The number of H-pyrrole nitrogens is 2. The number of fused-ring (bicyclic) bond motifs is 23. The summed E-state index contributed by atoms with van der Waals surface area (Å²) in [5, 5.41) is 12.0. The van der Waals surface area contributed by atoms with Gasteiger partial charge >= 0.3 is 0 Å². The van der Waals surface area contributed by atoms with Gasteiger partial charge < -0.3 is 29.5 Å². The van der Waals surface area contributed by atoms with Crippen molar-refractivity contribution in [2.24, 2.45) is 0 Å². The zero-order chi connectivity index (χ0) is 52.6. The normalized spacial score (nSPS) is 11.8. The Hall–Kier alpha value is -10.4. The third-order valence-corrected chi connectivity index (χ3v) is 14.6. The zero-order valence-electron chi connectivity index (χ0n) is 41.7. The average Bonchev–Trinajstić information content (AvgIpc) is 4.29. The van der Waals surface area contributed by atoms with Crippen LogP contribution in [0.15, 0.2) is 200 Å². The van der Waals surface area contributed by atoms with Crippen molar-refractivity contribution >= 4 is 95.0 Å². The van der Waals surface area contributed by atoms with Crippen LogP contribution < -0.4 is 19.5 Å². The molecule has 8 bridgehead atoms. The van der Waals surface area contributed by atoms with Gasteiger partial charge in [-0.15, -0.1) is 0 Å². The van der Waals surface area contributed by atoms with E-state index < -0.39 is 0 Å². The van der Waals surface area contributed by atoms with Crippen molar-refractivity contribution < 1.29 is 19.0 Å². The summed E-state index contributed by atoms with van der Waals surface area (Å²) in [7, 11) is 0. The van der Waals surface area contributed by atoms with Gasteiger partial charge in [-0.25, -0.2) is 29.9 Å². The van der Waals surface area contributed by atoms with Crippen LogP contribution >= 0.6 is 12.6 Å². The third-order valence-electron chi connectivity index (χ3n) is 14.3. The molecule has 2 aliphatic heterocycles. The van der Waals surface area contributed by atoms with E-state index in [1.54, 1.807) is 12.1 Å². The predicted molar refractivity (Wildman–Crippen MR) is 314 cm³/mol. The molecule has 2 aliphatic rings. The maximum Gasteiger partial charge on any atom is 0.251 e. The first-order valence-corrected chi connectivity index (χ1v) is 26.3. The summed E-state index contributed by atoms with van der Waals surface area (Å²) in [6.07, 6.45) is 0. The van der Waals surface area contributed by atoms with Gasteiger partial charge in [0.1, 0.15) is 57.1 Å². The molecule has 13 nitrogen and oxygen atoms in total. The number of aromatic amines is 2. The van der Waals surface area contributed by atoms with Crippen molar-refractivity contribution in [3.05, 3.63) is 206 Å². The molecule has 0 unspecified atom stereocenters. The highest BCUT2D eigenvalue weighted by Crippen LogP contribution is 2.42. The first-order valence-electron chi connectivity index (χ1n) is 25.7. The van der Waals surface area contributed by atoms with E-state index in [2.05, 4.69) is 70.4 Å². The quantitative estimate of drug-likeness (QED) is 0.102. The number of nitrogens with one attached hydrogen (secondary N) is 3. The van der Waals surface area contributed by atoms with Crippen molar-refractivity contribution in [2.45, 2.75) is 0 Å². The van der Waals surface area contributed by atoms with Gasteiger partial charge in [0.25, 0.3) is 5.91 Å². The summed E-state index contributed by atoms with van der Waals surface area (Å²) >= 11 is 4.32. The summed E-state index contributed by atoms with van der Waals surface area (Å²) in [6, 6.07) is 65.4. The molecule has 15 rings (SSSR count). The minimum Gasteiger partial charge on any atom is -0.457 e. The Morgan fingerprint density at radius 3 is 1.25 bits per heavy atom. The smallest absolute Gasteiger partial charge is 0.251 e. The molecule has 0 radical (unpaired) electrons. The first-order chi connectivity index (χ1) is 38.9. The molecule has 376 valence electrons. The highest BCUT2D eigenvalue weighted by Gasteiger charge is 2.25. The Kier molecular flexibility index (Phi) is 10.9. The van der Waals surface area contributed by atoms with Crippen molar-refractivity contribution in [3.8, 4) is 80.0 Å². The lowest BCUT2D eigenvalue weighted by molar-refractivity contribution is 0.0956. The number of carbonyl (C=O) groups is 1. The number of hydrogen-bond donors (Lipinski definition) is 4. The molecule has 0 aliphatic carbocycles. The Balaban J connectivity index is 0.981. The maximum atomic E-state index is 13.5. The van der Waals surface area contributed by atoms with E-state index >= 15 is 0 Å². The minimum absolute atomic E-state index is 0.244. The maximum absolute atomic E-state index is 13.5. The Labute approximate surface area is 455 Å². The predicted octanol–water partition coefficient (Wildman–Crippen LogP) is 15.4. The number of rotatable bonds is 9. The summed E-state index contributed by atoms with van der Waals surface area (Å²) in [4.78, 5) is 52.2. The van der Waals surface area contributed by atoms with E-state index in [9.17, 15) is 4.79 Å². The highest BCUT2D eigenvalue weighted by atomic mass is 32.1. The Bertz CT molecular complexity index is 4780. The standard InChI is InChI=1S/C65H41N9O4S/c75-65(66-30-31-79)39-22-26-46-50(32-39)61-67-57(46)69-62-52-34-41(77-55-20-8-14-37-11-2-5-17-44(37)55)24-28-48(52)59(71-62)73-64-53-35-42(78-56-21-9-15-38-12-3-6-18-45(38)56)25-29-49(53)60(74-64)72-63-51-33-40(23-27-47(51)58(68-61)70-63)76-54-19-7-13-36-10-1-4-16-43(36)54/h1-29,32-35,79H,30-31H2,(H,66,75)(H2,67,68,69,70,71,72,73,74). The van der Waals surface area contributed by atoms with Crippen molar-refractivity contribution in [3.63, 3.8) is 0 Å². The highest BCUT2D eigenvalue weighted by molar-refractivity contribution is 7.80. The van der Waals surface area contributed by atoms with Gasteiger partial charge in [0, 0.05) is 77.8 Å². The second-order valence-electron chi connectivity index (χ2n) is 19.2. The van der Waals surface area contributed by atoms with Crippen LogP contribution in [-0.2, 0) is 0 Å². The molecule has 0 saturated carbocycles. The zero-order valence-corrected chi connectivity index (χ0v) is 42.6. The second-order valence-corrected chi connectivity index (χ2v) is 19.7. The fourth-order valence-electron chi connectivity index (χ4n) is 10.6. The van der Waals surface area contributed by atoms with Gasteiger partial charge in [0.2, 0.25) is 0 Å². The number of carbonyl (C=O) groups excluding carboxylic acids is 1. The van der Waals surface area contributed by atoms with Crippen LogP contribution in [0.1, 0.15) is 10.4 Å². The number of amides is 1. The van der Waals surface area contributed by atoms with E-state index in [4.69, 9.17) is 44.1 Å². The van der Waals surface area contributed by atoms with Crippen LogP contribution in [-0.4, -0.2) is 58.1 Å². The average molecular weight is 1040 g/mol. The van der Waals surface area contributed by atoms with E-state index in [-0.39, 0.29) is 5.91 Å². The number of benzene rings is 10. The lowest BCUT2D eigenvalue weighted by atomic mass is 10.0. The minimum atomic E-state index is -0.244. The third kappa shape index (κ3) is 8.17. The van der Waals surface area contributed by atoms with Crippen molar-refractivity contribution in [2.75, 3.05) is 12.3 Å². The number of aromatic nitrogens is 8. The Morgan fingerprint density at radius 1 is 0.380 bits per heavy atom. The fourth-order valence-corrected chi connectivity index (χ4v) is 10.7. The van der Waals surface area contributed by atoms with E-state index in [1.807, 2.05) is 146 Å². The SMILES string of the molecule is O=C(NCCS)c1ccc2c(c1)-c1nc-2nc2[nH]c(nc3nc(nc4[nH]c(n1)c1ccc(Oc5cccc6ccccc56)cc41)-c1ccc(Oc4cccc5ccccc45)cc1-3)c1ccc(Oc3cccc4ccccc34)cc21. The van der Waals surface area contributed by atoms with Crippen LogP contribution in [0.25, 0.3) is 122 Å². The molecule has 14 heteroatoms. The molecule has 79 heavy (non-hydrogen) atoms. The number of thiol groups is 1. The molecule has 3 aromatic heterocycles. The van der Waals surface area contributed by atoms with Crippen LogP contribution in [0.3, 0.4) is 0 Å². The molecule has 0 saturated heterocycles. The molecule has 0 fully saturated rings. The van der Waals surface area contributed by atoms with Crippen molar-refractivity contribution in [1.29, 1.82) is 0 Å². The number of hydrogen-bond acceptors (Lipinski definition) is 11. The monoisotopic (exact) mass is 1040 g/mol. The molecule has 0 spiro atoms. The second kappa shape index (κ2) is 18.7.